The Morgan fingerprint density at radius 3 is 2.33 bits per heavy atom. The summed E-state index contributed by atoms with van der Waals surface area (Å²) in [6.07, 6.45) is 0. The number of aliphatic carboxylic acids is 1. The Kier molecular flexibility index (Phi) is 6.57. The van der Waals surface area contributed by atoms with Crippen molar-refractivity contribution in [3.05, 3.63) is 60.2 Å². The second-order valence-electron chi connectivity index (χ2n) is 6.47. The molecule has 0 fully saturated rings. The molecule has 144 valence electrons. The Morgan fingerprint density at radius 1 is 1.07 bits per heavy atom. The number of hydrogen-bond acceptors (Lipinski definition) is 4. The van der Waals surface area contributed by atoms with Gasteiger partial charge < -0.3 is 10.0 Å². The molecule has 7 nitrogen and oxygen atoms in total. The number of amides is 1. The van der Waals surface area contributed by atoms with Crippen LogP contribution in [0.25, 0.3) is 0 Å². The van der Waals surface area contributed by atoms with Crippen LogP contribution in [0.3, 0.4) is 0 Å². The zero-order valence-electron chi connectivity index (χ0n) is 15.1. The van der Waals surface area contributed by atoms with E-state index in [4.69, 9.17) is 5.11 Å². The summed E-state index contributed by atoms with van der Waals surface area (Å²) in [6.45, 7) is 3.63. The van der Waals surface area contributed by atoms with Gasteiger partial charge in [-0.3, -0.25) is 14.3 Å². The van der Waals surface area contributed by atoms with E-state index in [1.165, 1.54) is 35.2 Å². The van der Waals surface area contributed by atoms with E-state index < -0.39 is 28.4 Å². The maximum atomic E-state index is 12.7. The lowest BCUT2D eigenvalue weighted by atomic mass is 10.1. The van der Waals surface area contributed by atoms with Crippen LogP contribution in [0, 0.1) is 5.92 Å². The van der Waals surface area contributed by atoms with E-state index in [9.17, 15) is 18.0 Å². The molecule has 8 heteroatoms. The van der Waals surface area contributed by atoms with Crippen LogP contribution in [0.15, 0.2) is 59.5 Å². The molecular formula is C19H22N2O5S. The number of carbonyl (C=O) groups excluding carboxylic acids is 1. The van der Waals surface area contributed by atoms with E-state index in [2.05, 4.69) is 4.72 Å². The van der Waals surface area contributed by atoms with Gasteiger partial charge in [-0.1, -0.05) is 38.1 Å². The van der Waals surface area contributed by atoms with E-state index in [0.29, 0.717) is 0 Å². The number of hydrogen-bond donors (Lipinski definition) is 2. The molecule has 0 aromatic heterocycles. The first-order valence-electron chi connectivity index (χ1n) is 8.38. The lowest BCUT2D eigenvalue weighted by Gasteiger charge is -2.23. The number of carboxylic acids is 1. The Balaban J connectivity index is 2.25. The van der Waals surface area contributed by atoms with Crippen LogP contribution in [0.5, 0.6) is 0 Å². The third-order valence-electron chi connectivity index (χ3n) is 3.61. The molecule has 0 saturated heterocycles. The second-order valence-corrected chi connectivity index (χ2v) is 8.16. The highest BCUT2D eigenvalue weighted by atomic mass is 32.2. The number of rotatable bonds is 8. The van der Waals surface area contributed by atoms with Crippen LogP contribution in [-0.2, 0) is 14.8 Å². The molecule has 0 aliphatic carbocycles. The van der Waals surface area contributed by atoms with Crippen molar-refractivity contribution in [1.82, 2.24) is 4.90 Å². The largest absolute Gasteiger partial charge is 0.480 e. The summed E-state index contributed by atoms with van der Waals surface area (Å²) in [4.78, 5) is 25.1. The summed E-state index contributed by atoms with van der Waals surface area (Å²) < 4.78 is 27.3. The maximum Gasteiger partial charge on any atom is 0.323 e. The molecule has 2 N–H and O–H groups in total. The van der Waals surface area contributed by atoms with Crippen molar-refractivity contribution in [3.63, 3.8) is 0 Å². The normalized spacial score (nSPS) is 11.2. The first-order valence-corrected chi connectivity index (χ1v) is 9.86. The number of nitrogens with zero attached hydrogens (tertiary/aromatic N) is 1. The zero-order valence-corrected chi connectivity index (χ0v) is 15.9. The average molecular weight is 390 g/mol. The van der Waals surface area contributed by atoms with E-state index in [1.54, 1.807) is 24.3 Å². The summed E-state index contributed by atoms with van der Waals surface area (Å²) in [6, 6.07) is 13.9. The van der Waals surface area contributed by atoms with E-state index in [-0.39, 0.29) is 28.6 Å². The Hall–Kier alpha value is -2.87. The maximum absolute atomic E-state index is 12.7. The first-order chi connectivity index (χ1) is 12.7. The predicted octanol–water partition coefficient (Wildman–Crippen LogP) is 2.67. The lowest BCUT2D eigenvalue weighted by Crippen LogP contribution is -2.38. The molecule has 1 amide bonds. The van der Waals surface area contributed by atoms with Gasteiger partial charge in [-0.25, -0.2) is 8.42 Å². The zero-order chi connectivity index (χ0) is 20.0. The summed E-state index contributed by atoms with van der Waals surface area (Å²) in [5.41, 5.74) is 0.440. The standard InChI is InChI=1S/C19H22N2O5S/c1-14(2)12-21(13-18(22)23)19(24)15-7-6-8-16(11-15)20-27(25,26)17-9-4-3-5-10-17/h3-11,14,20H,12-13H2,1-2H3,(H,22,23). The average Bonchev–Trinajstić information content (AvgIpc) is 2.60. The first kappa shape index (κ1) is 20.4. The number of carboxylic acid groups (broad SMARTS) is 1. The fourth-order valence-electron chi connectivity index (χ4n) is 2.54. The highest BCUT2D eigenvalue weighted by molar-refractivity contribution is 7.92. The molecule has 2 aromatic carbocycles. The SMILES string of the molecule is CC(C)CN(CC(=O)O)C(=O)c1cccc(NS(=O)(=O)c2ccccc2)c1. The monoisotopic (exact) mass is 390 g/mol. The molecule has 0 aliphatic rings. The topological polar surface area (TPSA) is 104 Å². The van der Waals surface area contributed by atoms with Crippen LogP contribution in [0.4, 0.5) is 5.69 Å². The summed E-state index contributed by atoms with van der Waals surface area (Å²) in [5.74, 6) is -1.48. The van der Waals surface area contributed by atoms with Crippen molar-refractivity contribution < 1.29 is 23.1 Å². The van der Waals surface area contributed by atoms with Crippen molar-refractivity contribution in [1.29, 1.82) is 0 Å². The Morgan fingerprint density at radius 2 is 1.74 bits per heavy atom. The van der Waals surface area contributed by atoms with Crippen LogP contribution in [-0.4, -0.2) is 43.4 Å². The summed E-state index contributed by atoms with van der Waals surface area (Å²) >= 11 is 0. The summed E-state index contributed by atoms with van der Waals surface area (Å²) in [7, 11) is -3.78. The molecule has 0 saturated carbocycles. The van der Waals surface area contributed by atoms with Crippen molar-refractivity contribution in [2.75, 3.05) is 17.8 Å². The van der Waals surface area contributed by atoms with Gasteiger partial charge in [-0.05, 0) is 36.2 Å². The van der Waals surface area contributed by atoms with Crippen molar-refractivity contribution in [2.24, 2.45) is 5.92 Å². The molecule has 2 rings (SSSR count). The third-order valence-corrected chi connectivity index (χ3v) is 5.01. The van der Waals surface area contributed by atoms with Crippen LogP contribution in [0.1, 0.15) is 24.2 Å². The van der Waals surface area contributed by atoms with Gasteiger partial charge in [-0.15, -0.1) is 0 Å². The molecule has 2 aromatic rings. The number of nitrogens with one attached hydrogen (secondary N) is 1. The number of anilines is 1. The summed E-state index contributed by atoms with van der Waals surface area (Å²) in [5, 5.41) is 9.04. The third kappa shape index (κ3) is 5.82. The van der Waals surface area contributed by atoms with Gasteiger partial charge >= 0.3 is 5.97 Å². The molecular weight excluding hydrogens is 368 g/mol. The Bertz CT molecular complexity index is 911. The van der Waals surface area contributed by atoms with E-state index in [1.807, 2.05) is 13.8 Å². The second kappa shape index (κ2) is 8.68. The van der Waals surface area contributed by atoms with Crippen molar-refractivity contribution in [2.45, 2.75) is 18.7 Å². The van der Waals surface area contributed by atoms with Gasteiger partial charge in [0.25, 0.3) is 15.9 Å². The molecule has 0 atom stereocenters. The van der Waals surface area contributed by atoms with Crippen molar-refractivity contribution in [3.8, 4) is 0 Å². The number of carbonyl (C=O) groups is 2. The molecule has 27 heavy (non-hydrogen) atoms. The minimum Gasteiger partial charge on any atom is -0.480 e. The van der Waals surface area contributed by atoms with E-state index >= 15 is 0 Å². The van der Waals surface area contributed by atoms with Gasteiger partial charge in [0.05, 0.1) is 4.90 Å². The van der Waals surface area contributed by atoms with Gasteiger partial charge in [-0.2, -0.15) is 0 Å². The Labute approximate surface area is 158 Å². The molecule has 0 spiro atoms. The minimum atomic E-state index is -3.78. The van der Waals surface area contributed by atoms with Gasteiger partial charge in [0.2, 0.25) is 0 Å². The molecule has 0 heterocycles. The number of sulfonamides is 1. The highest BCUT2D eigenvalue weighted by Crippen LogP contribution is 2.18. The van der Waals surface area contributed by atoms with Gasteiger partial charge in [0.1, 0.15) is 6.54 Å². The number of benzene rings is 2. The quantitative estimate of drug-likeness (QED) is 0.721. The fraction of sp³-hybridized carbons (Fsp3) is 0.263. The van der Waals surface area contributed by atoms with Crippen LogP contribution < -0.4 is 4.72 Å². The van der Waals surface area contributed by atoms with Crippen molar-refractivity contribution >= 4 is 27.6 Å². The molecule has 0 aliphatic heterocycles. The van der Waals surface area contributed by atoms with Gasteiger partial charge in [0, 0.05) is 17.8 Å². The van der Waals surface area contributed by atoms with E-state index in [0.717, 1.165) is 0 Å². The smallest absolute Gasteiger partial charge is 0.323 e. The molecule has 0 bridgehead atoms. The molecule has 0 unspecified atom stereocenters. The molecule has 0 radical (unpaired) electrons. The predicted molar refractivity (Wildman–Crippen MR) is 102 cm³/mol. The lowest BCUT2D eigenvalue weighted by molar-refractivity contribution is -0.137. The van der Waals surface area contributed by atoms with Gasteiger partial charge in [0.15, 0.2) is 0 Å². The minimum absolute atomic E-state index is 0.0908. The highest BCUT2D eigenvalue weighted by Gasteiger charge is 2.20. The van der Waals surface area contributed by atoms with Crippen LogP contribution in [0.2, 0.25) is 0 Å². The van der Waals surface area contributed by atoms with Crippen LogP contribution >= 0.6 is 0 Å². The fourth-order valence-corrected chi connectivity index (χ4v) is 3.61.